The van der Waals surface area contributed by atoms with Gasteiger partial charge in [0, 0.05) is 17.6 Å². The van der Waals surface area contributed by atoms with Crippen molar-refractivity contribution >= 4 is 17.2 Å². The average molecular weight is 409 g/mol. The highest BCUT2D eigenvalue weighted by Crippen LogP contribution is 2.29. The standard InChI is InChI=1S/C23H28N4OS/c1-18-9-11-26(12-10-18)21(22-8-5-13-29-22)16-24-23(28)14-19-15-25-27(17-19)20-6-3-2-4-7-20/h2-8,13,15,17-18,21H,9-12,14,16H2,1H3,(H,24,28). The lowest BCUT2D eigenvalue weighted by atomic mass is 9.97. The Morgan fingerprint density at radius 3 is 2.72 bits per heavy atom. The van der Waals surface area contributed by atoms with Crippen LogP contribution in [0.4, 0.5) is 0 Å². The fourth-order valence-electron chi connectivity index (χ4n) is 3.86. The smallest absolute Gasteiger partial charge is 0.224 e. The Balaban J connectivity index is 1.35. The second-order valence-electron chi connectivity index (χ2n) is 7.86. The number of amides is 1. The molecule has 3 aromatic rings. The first-order valence-electron chi connectivity index (χ1n) is 10.3. The zero-order valence-corrected chi connectivity index (χ0v) is 17.6. The number of likely N-dealkylation sites (tertiary alicyclic amines) is 1. The van der Waals surface area contributed by atoms with Crippen molar-refractivity contribution in [3.05, 3.63) is 70.7 Å². The molecule has 1 fully saturated rings. The third-order valence-corrected chi connectivity index (χ3v) is 6.62. The van der Waals surface area contributed by atoms with E-state index >= 15 is 0 Å². The number of hydrogen-bond acceptors (Lipinski definition) is 4. The lowest BCUT2D eigenvalue weighted by Crippen LogP contribution is -2.41. The van der Waals surface area contributed by atoms with Gasteiger partial charge in [-0.2, -0.15) is 5.10 Å². The van der Waals surface area contributed by atoms with Crippen molar-refractivity contribution in [1.29, 1.82) is 0 Å². The molecule has 0 saturated carbocycles. The molecular formula is C23H28N4OS. The van der Waals surface area contributed by atoms with Crippen LogP contribution >= 0.6 is 11.3 Å². The van der Waals surface area contributed by atoms with Gasteiger partial charge < -0.3 is 5.32 Å². The van der Waals surface area contributed by atoms with Crippen LogP contribution < -0.4 is 5.32 Å². The van der Waals surface area contributed by atoms with Crippen molar-refractivity contribution in [1.82, 2.24) is 20.0 Å². The highest BCUT2D eigenvalue weighted by molar-refractivity contribution is 7.10. The van der Waals surface area contributed by atoms with Crippen molar-refractivity contribution < 1.29 is 4.79 Å². The molecule has 6 heteroatoms. The molecule has 1 saturated heterocycles. The minimum Gasteiger partial charge on any atom is -0.354 e. The molecule has 0 radical (unpaired) electrons. The summed E-state index contributed by atoms with van der Waals surface area (Å²) in [5.41, 5.74) is 1.92. The van der Waals surface area contributed by atoms with E-state index in [1.54, 1.807) is 17.5 Å². The molecule has 1 unspecified atom stereocenters. The van der Waals surface area contributed by atoms with E-state index in [0.717, 1.165) is 30.3 Å². The van der Waals surface area contributed by atoms with Crippen LogP contribution in [0, 0.1) is 5.92 Å². The van der Waals surface area contributed by atoms with E-state index in [4.69, 9.17) is 0 Å². The third-order valence-electron chi connectivity index (χ3n) is 5.64. The molecule has 0 bridgehead atoms. The first-order valence-corrected chi connectivity index (χ1v) is 11.2. The van der Waals surface area contributed by atoms with E-state index < -0.39 is 0 Å². The molecule has 3 heterocycles. The first-order chi connectivity index (χ1) is 14.2. The largest absolute Gasteiger partial charge is 0.354 e. The summed E-state index contributed by atoms with van der Waals surface area (Å²) in [5.74, 6) is 0.843. The molecule has 29 heavy (non-hydrogen) atoms. The lowest BCUT2D eigenvalue weighted by molar-refractivity contribution is -0.120. The Labute approximate surface area is 176 Å². The summed E-state index contributed by atoms with van der Waals surface area (Å²) in [5, 5.41) is 9.67. The number of rotatable bonds is 7. The van der Waals surface area contributed by atoms with Gasteiger partial charge in [-0.3, -0.25) is 9.69 Å². The maximum absolute atomic E-state index is 12.6. The highest BCUT2D eigenvalue weighted by atomic mass is 32.1. The predicted molar refractivity (Wildman–Crippen MR) is 117 cm³/mol. The van der Waals surface area contributed by atoms with Gasteiger partial charge in [0.1, 0.15) is 0 Å². The van der Waals surface area contributed by atoms with Gasteiger partial charge in [-0.1, -0.05) is 31.2 Å². The number of aromatic nitrogens is 2. The van der Waals surface area contributed by atoms with Gasteiger partial charge in [-0.25, -0.2) is 4.68 Å². The molecule has 2 aromatic heterocycles. The van der Waals surface area contributed by atoms with Gasteiger partial charge in [0.2, 0.25) is 5.91 Å². The van der Waals surface area contributed by atoms with Gasteiger partial charge in [-0.15, -0.1) is 11.3 Å². The fourth-order valence-corrected chi connectivity index (χ4v) is 4.72. The number of piperidine rings is 1. The second-order valence-corrected chi connectivity index (χ2v) is 8.84. The van der Waals surface area contributed by atoms with Gasteiger partial charge >= 0.3 is 0 Å². The number of carbonyl (C=O) groups excluding carboxylic acids is 1. The number of para-hydroxylation sites is 1. The van der Waals surface area contributed by atoms with Crippen LogP contribution in [0.2, 0.25) is 0 Å². The number of benzene rings is 1. The van der Waals surface area contributed by atoms with Crippen LogP contribution in [0.3, 0.4) is 0 Å². The zero-order chi connectivity index (χ0) is 20.1. The lowest BCUT2D eigenvalue weighted by Gasteiger charge is -2.36. The number of nitrogens with zero attached hydrogens (tertiary/aromatic N) is 3. The molecule has 1 N–H and O–H groups in total. The molecule has 0 spiro atoms. The van der Waals surface area contributed by atoms with Crippen LogP contribution in [-0.4, -0.2) is 40.2 Å². The van der Waals surface area contributed by atoms with Crippen LogP contribution in [-0.2, 0) is 11.2 Å². The van der Waals surface area contributed by atoms with E-state index in [9.17, 15) is 4.79 Å². The maximum Gasteiger partial charge on any atom is 0.224 e. The monoisotopic (exact) mass is 408 g/mol. The number of nitrogens with one attached hydrogen (secondary N) is 1. The van der Waals surface area contributed by atoms with E-state index in [2.05, 4.69) is 39.8 Å². The van der Waals surface area contributed by atoms with Crippen molar-refractivity contribution in [2.24, 2.45) is 5.92 Å². The molecule has 4 rings (SSSR count). The summed E-state index contributed by atoms with van der Waals surface area (Å²) in [6.45, 7) is 5.18. The summed E-state index contributed by atoms with van der Waals surface area (Å²) in [6, 6.07) is 14.5. The van der Waals surface area contributed by atoms with Crippen molar-refractivity contribution in [2.45, 2.75) is 32.2 Å². The summed E-state index contributed by atoms with van der Waals surface area (Å²) in [4.78, 5) is 16.5. The molecule has 1 aliphatic heterocycles. The van der Waals surface area contributed by atoms with Crippen molar-refractivity contribution in [2.75, 3.05) is 19.6 Å². The zero-order valence-electron chi connectivity index (χ0n) is 16.8. The van der Waals surface area contributed by atoms with Crippen LogP contribution in [0.25, 0.3) is 5.69 Å². The molecule has 1 aliphatic rings. The number of hydrogen-bond donors (Lipinski definition) is 1. The molecule has 5 nitrogen and oxygen atoms in total. The highest BCUT2D eigenvalue weighted by Gasteiger charge is 2.25. The first kappa shape index (κ1) is 19.9. The average Bonchev–Trinajstić information content (AvgIpc) is 3.43. The van der Waals surface area contributed by atoms with Crippen molar-refractivity contribution in [3.8, 4) is 5.69 Å². The van der Waals surface area contributed by atoms with E-state index in [0.29, 0.717) is 13.0 Å². The Kier molecular flexibility index (Phi) is 6.42. The molecule has 1 amide bonds. The molecular weight excluding hydrogens is 380 g/mol. The summed E-state index contributed by atoms with van der Waals surface area (Å²) < 4.78 is 1.81. The molecule has 0 aliphatic carbocycles. The fraction of sp³-hybridized carbons (Fsp3) is 0.391. The van der Waals surface area contributed by atoms with Crippen LogP contribution in [0.5, 0.6) is 0 Å². The third kappa shape index (κ3) is 5.14. The molecule has 1 aromatic carbocycles. The minimum absolute atomic E-state index is 0.0459. The Morgan fingerprint density at radius 1 is 1.21 bits per heavy atom. The van der Waals surface area contributed by atoms with E-state index in [-0.39, 0.29) is 11.9 Å². The van der Waals surface area contributed by atoms with Crippen LogP contribution in [0.1, 0.15) is 36.2 Å². The quantitative estimate of drug-likeness (QED) is 0.641. The Morgan fingerprint density at radius 2 is 2.00 bits per heavy atom. The summed E-state index contributed by atoms with van der Waals surface area (Å²) in [6.07, 6.45) is 6.51. The van der Waals surface area contributed by atoms with E-state index in [1.807, 2.05) is 41.2 Å². The number of thiophene rings is 1. The van der Waals surface area contributed by atoms with E-state index in [1.165, 1.54) is 17.7 Å². The summed E-state index contributed by atoms with van der Waals surface area (Å²) >= 11 is 1.78. The second kappa shape index (κ2) is 9.37. The Bertz CT molecular complexity index is 898. The topological polar surface area (TPSA) is 50.2 Å². The Hall–Kier alpha value is -2.44. The predicted octanol–water partition coefficient (Wildman–Crippen LogP) is 4.07. The summed E-state index contributed by atoms with van der Waals surface area (Å²) in [7, 11) is 0. The van der Waals surface area contributed by atoms with Gasteiger partial charge in [0.25, 0.3) is 0 Å². The SMILES string of the molecule is CC1CCN(C(CNC(=O)Cc2cnn(-c3ccccc3)c2)c2cccs2)CC1. The van der Waals surface area contributed by atoms with Gasteiger partial charge in [0.15, 0.2) is 0 Å². The number of carbonyl (C=O) groups is 1. The van der Waals surface area contributed by atoms with Crippen molar-refractivity contribution in [3.63, 3.8) is 0 Å². The normalized spacial score (nSPS) is 16.6. The molecule has 152 valence electrons. The van der Waals surface area contributed by atoms with Crippen LogP contribution in [0.15, 0.2) is 60.2 Å². The van der Waals surface area contributed by atoms with Gasteiger partial charge in [0.05, 0.1) is 24.3 Å². The van der Waals surface area contributed by atoms with Gasteiger partial charge in [-0.05, 0) is 61.0 Å². The minimum atomic E-state index is 0.0459. The molecule has 1 atom stereocenters. The maximum atomic E-state index is 12.6.